The predicted molar refractivity (Wildman–Crippen MR) is 89.4 cm³/mol. The van der Waals surface area contributed by atoms with Crippen LogP contribution in [0.3, 0.4) is 0 Å². The lowest BCUT2D eigenvalue weighted by atomic mass is 9.84. The normalized spacial score (nSPS) is 17.6. The predicted octanol–water partition coefficient (Wildman–Crippen LogP) is 4.90. The lowest BCUT2D eigenvalue weighted by Gasteiger charge is -2.22. The molecule has 0 amide bonds. The summed E-state index contributed by atoms with van der Waals surface area (Å²) in [6, 6.07) is 8.60. The minimum absolute atomic E-state index is 0.183. The van der Waals surface area contributed by atoms with Crippen LogP contribution in [0.4, 0.5) is 0 Å². The van der Waals surface area contributed by atoms with Crippen molar-refractivity contribution >= 4 is 0 Å². The minimum Gasteiger partial charge on any atom is -0.491 e. The summed E-state index contributed by atoms with van der Waals surface area (Å²) in [5.74, 6) is 1.67. The van der Waals surface area contributed by atoms with Gasteiger partial charge in [-0.1, -0.05) is 31.4 Å². The fourth-order valence-corrected chi connectivity index (χ4v) is 3.07. The quantitative estimate of drug-likeness (QED) is 0.505. The van der Waals surface area contributed by atoms with Gasteiger partial charge in [0.25, 0.3) is 0 Å². The Morgan fingerprint density at radius 3 is 2.27 bits per heavy atom. The molecule has 0 saturated heterocycles. The molecule has 124 valence electrons. The Kier molecular flexibility index (Phi) is 7.20. The van der Waals surface area contributed by atoms with E-state index in [1.54, 1.807) is 0 Å². The molecule has 1 unspecified atom stereocenters. The molecule has 1 aromatic rings. The summed E-state index contributed by atoms with van der Waals surface area (Å²) >= 11 is 0. The van der Waals surface area contributed by atoms with Crippen LogP contribution in [-0.4, -0.2) is 25.6 Å². The first-order valence-electron chi connectivity index (χ1n) is 8.65. The fourth-order valence-electron chi connectivity index (χ4n) is 3.07. The van der Waals surface area contributed by atoms with Gasteiger partial charge >= 0.3 is 0 Å². The van der Waals surface area contributed by atoms with E-state index in [-0.39, 0.29) is 12.4 Å². The molecule has 1 aromatic carbocycles. The van der Waals surface area contributed by atoms with Gasteiger partial charge in [-0.15, -0.1) is 0 Å². The Hall–Kier alpha value is -1.06. The van der Waals surface area contributed by atoms with Gasteiger partial charge < -0.3 is 14.2 Å². The average Bonchev–Trinajstić information content (AvgIpc) is 2.52. The van der Waals surface area contributed by atoms with Crippen molar-refractivity contribution in [2.45, 2.75) is 71.2 Å². The van der Waals surface area contributed by atoms with E-state index < -0.39 is 0 Å². The highest BCUT2D eigenvalue weighted by Gasteiger charge is 2.15. The van der Waals surface area contributed by atoms with Gasteiger partial charge in [-0.3, -0.25) is 0 Å². The van der Waals surface area contributed by atoms with Gasteiger partial charge in [0.1, 0.15) is 12.4 Å². The van der Waals surface area contributed by atoms with Crippen LogP contribution in [0.1, 0.15) is 64.4 Å². The second-order valence-electron chi connectivity index (χ2n) is 6.38. The van der Waals surface area contributed by atoms with Crippen LogP contribution in [0.5, 0.6) is 5.75 Å². The van der Waals surface area contributed by atoms with Crippen molar-refractivity contribution in [3.05, 3.63) is 29.8 Å². The van der Waals surface area contributed by atoms with E-state index >= 15 is 0 Å². The molecule has 3 heteroatoms. The van der Waals surface area contributed by atoms with Gasteiger partial charge in [-0.05, 0) is 57.2 Å². The third-order valence-electron chi connectivity index (χ3n) is 4.13. The van der Waals surface area contributed by atoms with Crippen LogP contribution < -0.4 is 4.74 Å². The van der Waals surface area contributed by atoms with Crippen molar-refractivity contribution < 1.29 is 14.2 Å². The molecule has 22 heavy (non-hydrogen) atoms. The van der Waals surface area contributed by atoms with Crippen molar-refractivity contribution in [2.75, 3.05) is 13.2 Å². The third-order valence-corrected chi connectivity index (χ3v) is 4.13. The average molecular weight is 306 g/mol. The van der Waals surface area contributed by atoms with Crippen LogP contribution in [0, 0.1) is 0 Å². The van der Waals surface area contributed by atoms with E-state index in [4.69, 9.17) is 14.2 Å². The zero-order chi connectivity index (χ0) is 15.8. The van der Waals surface area contributed by atoms with E-state index in [1.165, 1.54) is 37.7 Å². The standard InChI is InChI=1S/C19H30O3/c1-15(2)22-16(3)20-13-14-21-19-11-9-18(10-12-19)17-7-5-4-6-8-17/h9-12,15-17H,4-8,13-14H2,1-3H3. The molecule has 0 N–H and O–H groups in total. The van der Waals surface area contributed by atoms with E-state index in [0.717, 1.165) is 11.7 Å². The topological polar surface area (TPSA) is 27.7 Å². The lowest BCUT2D eigenvalue weighted by molar-refractivity contribution is -0.154. The smallest absolute Gasteiger partial charge is 0.155 e. The molecule has 1 atom stereocenters. The van der Waals surface area contributed by atoms with Gasteiger partial charge in [0, 0.05) is 0 Å². The Balaban J connectivity index is 1.68. The highest BCUT2D eigenvalue weighted by Crippen LogP contribution is 2.33. The number of hydrogen-bond donors (Lipinski definition) is 0. The monoisotopic (exact) mass is 306 g/mol. The summed E-state index contributed by atoms with van der Waals surface area (Å²) < 4.78 is 16.8. The van der Waals surface area contributed by atoms with E-state index in [0.29, 0.717) is 13.2 Å². The van der Waals surface area contributed by atoms with Crippen molar-refractivity contribution in [2.24, 2.45) is 0 Å². The molecule has 1 aliphatic rings. The Morgan fingerprint density at radius 1 is 0.955 bits per heavy atom. The van der Waals surface area contributed by atoms with Gasteiger partial charge in [-0.2, -0.15) is 0 Å². The summed E-state index contributed by atoms with van der Waals surface area (Å²) in [5, 5.41) is 0. The van der Waals surface area contributed by atoms with Crippen LogP contribution >= 0.6 is 0 Å². The first kappa shape index (κ1) is 17.3. The van der Waals surface area contributed by atoms with Gasteiger partial charge in [0.05, 0.1) is 12.7 Å². The molecular formula is C19H30O3. The molecule has 0 bridgehead atoms. The highest BCUT2D eigenvalue weighted by molar-refractivity contribution is 5.29. The van der Waals surface area contributed by atoms with E-state index in [9.17, 15) is 0 Å². The number of benzene rings is 1. The largest absolute Gasteiger partial charge is 0.491 e. The summed E-state index contributed by atoms with van der Waals surface area (Å²) in [5.41, 5.74) is 1.46. The molecular weight excluding hydrogens is 276 g/mol. The van der Waals surface area contributed by atoms with Gasteiger partial charge in [0.15, 0.2) is 6.29 Å². The molecule has 0 spiro atoms. The maximum Gasteiger partial charge on any atom is 0.155 e. The number of ether oxygens (including phenoxy) is 3. The summed E-state index contributed by atoms with van der Waals surface area (Å²) in [6.07, 6.45) is 6.81. The zero-order valence-corrected chi connectivity index (χ0v) is 14.2. The maximum atomic E-state index is 5.72. The van der Waals surface area contributed by atoms with Crippen molar-refractivity contribution in [1.29, 1.82) is 0 Å². The summed E-state index contributed by atoms with van der Waals surface area (Å²) in [4.78, 5) is 0. The second-order valence-corrected chi connectivity index (χ2v) is 6.38. The molecule has 1 saturated carbocycles. The van der Waals surface area contributed by atoms with Crippen LogP contribution in [0.2, 0.25) is 0 Å². The maximum absolute atomic E-state index is 5.72. The molecule has 0 heterocycles. The minimum atomic E-state index is -0.183. The lowest BCUT2D eigenvalue weighted by Crippen LogP contribution is -2.20. The Bertz CT molecular complexity index is 407. The summed E-state index contributed by atoms with van der Waals surface area (Å²) in [6.45, 7) is 7.01. The van der Waals surface area contributed by atoms with Crippen LogP contribution in [0.25, 0.3) is 0 Å². The van der Waals surface area contributed by atoms with Crippen molar-refractivity contribution in [3.8, 4) is 5.75 Å². The van der Waals surface area contributed by atoms with Crippen LogP contribution in [0.15, 0.2) is 24.3 Å². The van der Waals surface area contributed by atoms with E-state index in [2.05, 4.69) is 24.3 Å². The zero-order valence-electron chi connectivity index (χ0n) is 14.2. The van der Waals surface area contributed by atoms with Crippen molar-refractivity contribution in [1.82, 2.24) is 0 Å². The number of rotatable bonds is 8. The fraction of sp³-hybridized carbons (Fsp3) is 0.684. The molecule has 3 nitrogen and oxygen atoms in total. The Labute approximate surface area is 135 Å². The van der Waals surface area contributed by atoms with E-state index in [1.807, 2.05) is 20.8 Å². The molecule has 2 rings (SSSR count). The SMILES string of the molecule is CC(C)OC(C)OCCOc1ccc(C2CCCCC2)cc1. The van der Waals surface area contributed by atoms with Crippen LogP contribution in [-0.2, 0) is 9.47 Å². The summed E-state index contributed by atoms with van der Waals surface area (Å²) in [7, 11) is 0. The first-order valence-corrected chi connectivity index (χ1v) is 8.65. The Morgan fingerprint density at radius 2 is 1.64 bits per heavy atom. The molecule has 0 radical (unpaired) electrons. The molecule has 0 aromatic heterocycles. The highest BCUT2D eigenvalue weighted by atomic mass is 16.7. The third kappa shape index (κ3) is 5.98. The first-order chi connectivity index (χ1) is 10.6. The second kappa shape index (κ2) is 9.16. The molecule has 1 aliphatic carbocycles. The van der Waals surface area contributed by atoms with Gasteiger partial charge in [0.2, 0.25) is 0 Å². The molecule has 1 fully saturated rings. The van der Waals surface area contributed by atoms with Gasteiger partial charge in [-0.25, -0.2) is 0 Å². The number of hydrogen-bond acceptors (Lipinski definition) is 3. The van der Waals surface area contributed by atoms with Crippen molar-refractivity contribution in [3.63, 3.8) is 0 Å². The molecule has 0 aliphatic heterocycles.